The fourth-order valence-electron chi connectivity index (χ4n) is 2.11. The molecular weight excluding hydrogens is 443 g/mol. The van der Waals surface area contributed by atoms with Crippen molar-refractivity contribution in [2.75, 3.05) is 0 Å². The monoisotopic (exact) mass is 448 g/mol. The Labute approximate surface area is 148 Å². The lowest BCUT2D eigenvalue weighted by molar-refractivity contribution is 1.16. The second kappa shape index (κ2) is 5.98. The van der Waals surface area contributed by atoms with Gasteiger partial charge in [0, 0.05) is 18.7 Å². The number of halogens is 4. The Balaban J connectivity index is 2.15. The van der Waals surface area contributed by atoms with E-state index in [4.69, 9.17) is 23.2 Å². The van der Waals surface area contributed by atoms with Crippen LogP contribution < -0.4 is 0 Å². The first-order valence-corrected chi connectivity index (χ1v) is 9.10. The van der Waals surface area contributed by atoms with Gasteiger partial charge >= 0.3 is 0 Å². The van der Waals surface area contributed by atoms with Crippen molar-refractivity contribution in [1.82, 2.24) is 0 Å². The van der Waals surface area contributed by atoms with E-state index in [1.165, 1.54) is 10.1 Å². The van der Waals surface area contributed by atoms with Crippen LogP contribution in [-0.4, -0.2) is 0 Å². The van der Waals surface area contributed by atoms with Crippen molar-refractivity contribution < 1.29 is 0 Å². The minimum Gasteiger partial charge on any atom is -0.142 e. The van der Waals surface area contributed by atoms with Crippen LogP contribution in [0.3, 0.4) is 0 Å². The summed E-state index contributed by atoms with van der Waals surface area (Å²) in [5, 5.41) is 3.75. The van der Waals surface area contributed by atoms with Crippen molar-refractivity contribution in [2.24, 2.45) is 0 Å². The van der Waals surface area contributed by atoms with Crippen molar-refractivity contribution >= 4 is 76.5 Å². The van der Waals surface area contributed by atoms with Crippen molar-refractivity contribution in [3.63, 3.8) is 0 Å². The van der Waals surface area contributed by atoms with Crippen molar-refractivity contribution in [3.8, 4) is 0 Å². The second-order valence-corrected chi connectivity index (χ2v) is 7.80. The Morgan fingerprint density at radius 3 is 2.60 bits per heavy atom. The molecule has 0 amide bonds. The predicted molar refractivity (Wildman–Crippen MR) is 96.4 cm³/mol. The quantitative estimate of drug-likeness (QED) is 0.356. The topological polar surface area (TPSA) is 0 Å². The molecule has 2 aromatic carbocycles. The standard InChI is InChI=1S/C15H8Br2Cl2S/c16-12-5-4-8(18)6-10(12)14(19)11-7-20-15-9(11)2-1-3-13(15)17/h1-7,14H. The highest BCUT2D eigenvalue weighted by atomic mass is 79.9. The summed E-state index contributed by atoms with van der Waals surface area (Å²) in [5.41, 5.74) is 2.09. The smallest absolute Gasteiger partial charge is 0.0860 e. The average Bonchev–Trinajstić information content (AvgIpc) is 2.86. The van der Waals surface area contributed by atoms with E-state index < -0.39 is 0 Å². The van der Waals surface area contributed by atoms with Crippen LogP contribution in [0.15, 0.2) is 50.7 Å². The third kappa shape index (κ3) is 2.67. The van der Waals surface area contributed by atoms with Gasteiger partial charge in [-0.25, -0.2) is 0 Å². The molecule has 1 unspecified atom stereocenters. The Kier molecular flexibility index (Phi) is 4.44. The molecule has 3 rings (SSSR count). The van der Waals surface area contributed by atoms with Gasteiger partial charge in [0.05, 0.1) is 5.38 Å². The summed E-state index contributed by atoms with van der Waals surface area (Å²) < 4.78 is 3.28. The highest BCUT2D eigenvalue weighted by Gasteiger charge is 2.19. The maximum atomic E-state index is 6.68. The molecule has 1 aromatic heterocycles. The molecule has 0 aliphatic carbocycles. The zero-order valence-corrected chi connectivity index (χ0v) is 15.5. The third-order valence-corrected chi connectivity index (χ3v) is 6.48. The summed E-state index contributed by atoms with van der Waals surface area (Å²) in [7, 11) is 0. The molecule has 0 fully saturated rings. The molecule has 0 spiro atoms. The van der Waals surface area contributed by atoms with E-state index in [0.717, 1.165) is 20.1 Å². The Morgan fingerprint density at radius 2 is 1.80 bits per heavy atom. The van der Waals surface area contributed by atoms with Gasteiger partial charge in [-0.1, -0.05) is 39.7 Å². The molecule has 102 valence electrons. The second-order valence-electron chi connectivity index (χ2n) is 4.34. The normalized spacial score (nSPS) is 12.8. The van der Waals surface area contributed by atoms with Crippen LogP contribution in [-0.2, 0) is 0 Å². The van der Waals surface area contributed by atoms with Crippen LogP contribution in [0.25, 0.3) is 10.1 Å². The molecule has 0 aliphatic rings. The van der Waals surface area contributed by atoms with Crippen molar-refractivity contribution in [2.45, 2.75) is 5.38 Å². The number of hydrogen-bond donors (Lipinski definition) is 0. The van der Waals surface area contributed by atoms with Crippen molar-refractivity contribution in [3.05, 3.63) is 66.9 Å². The van der Waals surface area contributed by atoms with Crippen LogP contribution in [0.2, 0.25) is 5.02 Å². The lowest BCUT2D eigenvalue weighted by atomic mass is 10.0. The van der Waals surface area contributed by atoms with E-state index >= 15 is 0 Å². The molecule has 0 radical (unpaired) electrons. The van der Waals surface area contributed by atoms with E-state index in [0.29, 0.717) is 5.02 Å². The minimum atomic E-state index is -0.230. The van der Waals surface area contributed by atoms with Gasteiger partial charge in [-0.05, 0) is 62.1 Å². The van der Waals surface area contributed by atoms with E-state index in [9.17, 15) is 0 Å². The lowest BCUT2D eigenvalue weighted by Crippen LogP contribution is -1.93. The minimum absolute atomic E-state index is 0.230. The fraction of sp³-hybridized carbons (Fsp3) is 0.0667. The molecule has 20 heavy (non-hydrogen) atoms. The van der Waals surface area contributed by atoms with Gasteiger partial charge in [0.25, 0.3) is 0 Å². The summed E-state index contributed by atoms with van der Waals surface area (Å²) in [6, 6.07) is 11.9. The number of thiophene rings is 1. The van der Waals surface area contributed by atoms with Gasteiger partial charge in [-0.2, -0.15) is 0 Å². The molecule has 0 aliphatic heterocycles. The Hall–Kier alpha value is -0.0600. The molecule has 5 heteroatoms. The highest BCUT2D eigenvalue weighted by Crippen LogP contribution is 2.42. The van der Waals surface area contributed by atoms with Crippen LogP contribution in [0, 0.1) is 0 Å². The molecule has 0 bridgehead atoms. The van der Waals surface area contributed by atoms with E-state index in [1.54, 1.807) is 11.3 Å². The molecule has 1 atom stereocenters. The SMILES string of the molecule is Clc1ccc(Br)c(C(Cl)c2csc3c(Br)cccc23)c1. The maximum absolute atomic E-state index is 6.68. The van der Waals surface area contributed by atoms with Gasteiger partial charge in [-0.15, -0.1) is 22.9 Å². The first kappa shape index (κ1) is 14.9. The van der Waals surface area contributed by atoms with E-state index in [1.807, 2.05) is 30.3 Å². The largest absolute Gasteiger partial charge is 0.142 e. The van der Waals surface area contributed by atoms with Crippen LogP contribution in [0.1, 0.15) is 16.5 Å². The number of hydrogen-bond acceptors (Lipinski definition) is 1. The number of benzene rings is 2. The highest BCUT2D eigenvalue weighted by molar-refractivity contribution is 9.11. The van der Waals surface area contributed by atoms with Gasteiger partial charge in [0.15, 0.2) is 0 Å². The fourth-order valence-corrected chi connectivity index (χ4v) is 4.99. The first-order chi connectivity index (χ1) is 9.58. The zero-order valence-electron chi connectivity index (χ0n) is 10.0. The van der Waals surface area contributed by atoms with Crippen LogP contribution in [0.5, 0.6) is 0 Å². The molecule has 1 heterocycles. The first-order valence-electron chi connectivity index (χ1n) is 5.82. The van der Waals surface area contributed by atoms with Gasteiger partial charge in [0.1, 0.15) is 0 Å². The summed E-state index contributed by atoms with van der Waals surface area (Å²) in [6.45, 7) is 0. The number of alkyl halides is 1. The lowest BCUT2D eigenvalue weighted by Gasteiger charge is -2.12. The summed E-state index contributed by atoms with van der Waals surface area (Å²) in [5.74, 6) is 0. The molecule has 0 N–H and O–H groups in total. The molecule has 0 nitrogen and oxygen atoms in total. The molecular formula is C15H8Br2Cl2S. The molecule has 3 aromatic rings. The number of rotatable bonds is 2. The Morgan fingerprint density at radius 1 is 1.00 bits per heavy atom. The summed E-state index contributed by atoms with van der Waals surface area (Å²) in [6.07, 6.45) is 0. The van der Waals surface area contributed by atoms with Crippen molar-refractivity contribution in [1.29, 1.82) is 0 Å². The molecule has 0 saturated heterocycles. The third-order valence-electron chi connectivity index (χ3n) is 3.09. The van der Waals surface area contributed by atoms with E-state index in [2.05, 4.69) is 43.3 Å². The predicted octanol–water partition coefficient (Wildman–Crippen LogP) is 7.41. The van der Waals surface area contributed by atoms with Gasteiger partial charge in [0.2, 0.25) is 0 Å². The van der Waals surface area contributed by atoms with Crippen LogP contribution >= 0.6 is 66.4 Å². The van der Waals surface area contributed by atoms with Gasteiger partial charge < -0.3 is 0 Å². The average molecular weight is 451 g/mol. The zero-order chi connectivity index (χ0) is 14.3. The summed E-state index contributed by atoms with van der Waals surface area (Å²) in [4.78, 5) is 0. The Bertz CT molecular complexity index is 783. The number of fused-ring (bicyclic) bond motifs is 1. The van der Waals surface area contributed by atoms with E-state index in [-0.39, 0.29) is 5.38 Å². The maximum Gasteiger partial charge on any atom is 0.0860 e. The van der Waals surface area contributed by atoms with Gasteiger partial charge in [-0.3, -0.25) is 0 Å². The molecule has 0 saturated carbocycles. The van der Waals surface area contributed by atoms with Crippen LogP contribution in [0.4, 0.5) is 0 Å². The summed E-state index contributed by atoms with van der Waals surface area (Å²) >= 11 is 21.6.